The van der Waals surface area contributed by atoms with E-state index in [9.17, 15) is 8.42 Å². The summed E-state index contributed by atoms with van der Waals surface area (Å²) < 4.78 is 45.6. The van der Waals surface area contributed by atoms with Crippen LogP contribution < -0.4 is 18.9 Å². The molecule has 0 saturated carbocycles. The Morgan fingerprint density at radius 1 is 1.17 bits per heavy atom. The second-order valence-electron chi connectivity index (χ2n) is 7.39. The zero-order valence-corrected chi connectivity index (χ0v) is 19.0. The fourth-order valence-corrected chi connectivity index (χ4v) is 5.39. The summed E-state index contributed by atoms with van der Waals surface area (Å²) in [6, 6.07) is 12.4. The highest BCUT2D eigenvalue weighted by Crippen LogP contribution is 2.38. The number of benzene rings is 2. The molecule has 0 amide bonds. The Hall–Kier alpha value is -1.81. The first kappa shape index (κ1) is 21.4. The zero-order chi connectivity index (χ0) is 21.0. The molecule has 0 aromatic heterocycles. The van der Waals surface area contributed by atoms with Gasteiger partial charge < -0.3 is 14.2 Å². The second kappa shape index (κ2) is 9.55. The molecule has 0 aliphatic carbocycles. The number of sulfonamides is 1. The molecule has 9 heteroatoms. The van der Waals surface area contributed by atoms with E-state index in [0.29, 0.717) is 37.9 Å². The van der Waals surface area contributed by atoms with Gasteiger partial charge in [-0.15, -0.1) is 0 Å². The molecule has 1 unspecified atom stereocenters. The van der Waals surface area contributed by atoms with Gasteiger partial charge in [-0.25, -0.2) is 13.1 Å². The van der Waals surface area contributed by atoms with Crippen LogP contribution in [0.4, 0.5) is 0 Å². The standard InChI is InChI=1S/C21H25BrN2O5S/c22-17-3-1-4-18(13-17)30(25,26)23-14-16-7-8-24(15-16)9-10-27-19-5-2-6-20-21(19)29-12-11-28-20/h1-6,13,16,23H,7-12,14-15H2. The Morgan fingerprint density at radius 2 is 2.00 bits per heavy atom. The van der Waals surface area contributed by atoms with E-state index in [1.165, 1.54) is 0 Å². The quantitative estimate of drug-likeness (QED) is 0.605. The molecule has 2 aromatic rings. The topological polar surface area (TPSA) is 77.1 Å². The molecule has 2 aromatic carbocycles. The highest BCUT2D eigenvalue weighted by molar-refractivity contribution is 9.10. The first-order valence-electron chi connectivity index (χ1n) is 10.0. The highest BCUT2D eigenvalue weighted by Gasteiger charge is 2.25. The van der Waals surface area contributed by atoms with E-state index in [1.54, 1.807) is 24.3 Å². The number of hydrogen-bond donors (Lipinski definition) is 1. The molecular formula is C21H25BrN2O5S. The minimum absolute atomic E-state index is 0.275. The third-order valence-corrected chi connectivity index (χ3v) is 7.15. The van der Waals surface area contributed by atoms with Gasteiger partial charge in [0.05, 0.1) is 4.90 Å². The van der Waals surface area contributed by atoms with Gasteiger partial charge in [-0.2, -0.15) is 0 Å². The van der Waals surface area contributed by atoms with Gasteiger partial charge in [-0.1, -0.05) is 28.1 Å². The van der Waals surface area contributed by atoms with E-state index in [4.69, 9.17) is 14.2 Å². The van der Waals surface area contributed by atoms with Crippen molar-refractivity contribution in [3.63, 3.8) is 0 Å². The molecule has 2 heterocycles. The van der Waals surface area contributed by atoms with Crippen molar-refractivity contribution < 1.29 is 22.6 Å². The van der Waals surface area contributed by atoms with Crippen molar-refractivity contribution >= 4 is 26.0 Å². The fourth-order valence-electron chi connectivity index (χ4n) is 3.67. The van der Waals surface area contributed by atoms with Crippen molar-refractivity contribution in [3.8, 4) is 17.2 Å². The minimum Gasteiger partial charge on any atom is -0.488 e. The maximum Gasteiger partial charge on any atom is 0.240 e. The Balaban J connectivity index is 1.23. The monoisotopic (exact) mass is 496 g/mol. The van der Waals surface area contributed by atoms with Crippen LogP contribution in [0.15, 0.2) is 51.8 Å². The summed E-state index contributed by atoms with van der Waals surface area (Å²) in [5.74, 6) is 2.38. The van der Waals surface area contributed by atoms with Crippen molar-refractivity contribution in [2.24, 2.45) is 5.92 Å². The first-order valence-corrected chi connectivity index (χ1v) is 12.3. The van der Waals surface area contributed by atoms with Crippen molar-refractivity contribution in [1.29, 1.82) is 0 Å². The highest BCUT2D eigenvalue weighted by atomic mass is 79.9. The lowest BCUT2D eigenvalue weighted by atomic mass is 10.1. The van der Waals surface area contributed by atoms with E-state index in [0.717, 1.165) is 36.3 Å². The maximum absolute atomic E-state index is 12.5. The van der Waals surface area contributed by atoms with Crippen LogP contribution in [0.1, 0.15) is 6.42 Å². The number of nitrogens with one attached hydrogen (secondary N) is 1. The number of likely N-dealkylation sites (tertiary alicyclic amines) is 1. The second-order valence-corrected chi connectivity index (χ2v) is 10.1. The van der Waals surface area contributed by atoms with Gasteiger partial charge in [-0.05, 0) is 49.2 Å². The molecule has 1 N–H and O–H groups in total. The Labute approximate surface area is 185 Å². The molecular weight excluding hydrogens is 472 g/mol. The van der Waals surface area contributed by atoms with Gasteiger partial charge in [0.1, 0.15) is 19.8 Å². The summed E-state index contributed by atoms with van der Waals surface area (Å²) in [4.78, 5) is 2.57. The molecule has 1 fully saturated rings. The average molecular weight is 497 g/mol. The Morgan fingerprint density at radius 3 is 2.87 bits per heavy atom. The third kappa shape index (κ3) is 5.26. The van der Waals surface area contributed by atoms with Gasteiger partial charge in [0, 0.05) is 24.1 Å². The summed E-state index contributed by atoms with van der Waals surface area (Å²) in [7, 11) is -3.50. The van der Waals surface area contributed by atoms with Crippen LogP contribution >= 0.6 is 15.9 Å². The van der Waals surface area contributed by atoms with E-state index in [2.05, 4.69) is 25.6 Å². The molecule has 4 rings (SSSR count). The van der Waals surface area contributed by atoms with Gasteiger partial charge in [-0.3, -0.25) is 4.90 Å². The number of para-hydroxylation sites is 1. The summed E-state index contributed by atoms with van der Waals surface area (Å²) in [6.45, 7) is 4.60. The van der Waals surface area contributed by atoms with E-state index < -0.39 is 10.0 Å². The lowest BCUT2D eigenvalue weighted by Gasteiger charge is -2.22. The van der Waals surface area contributed by atoms with Gasteiger partial charge in [0.2, 0.25) is 15.8 Å². The van der Waals surface area contributed by atoms with Crippen molar-refractivity contribution in [3.05, 3.63) is 46.9 Å². The van der Waals surface area contributed by atoms with Gasteiger partial charge in [0.25, 0.3) is 0 Å². The van der Waals surface area contributed by atoms with Crippen LogP contribution in [-0.4, -0.2) is 59.3 Å². The number of fused-ring (bicyclic) bond motifs is 1. The molecule has 1 saturated heterocycles. The van der Waals surface area contributed by atoms with Crippen molar-refractivity contribution in [1.82, 2.24) is 9.62 Å². The van der Waals surface area contributed by atoms with Gasteiger partial charge >= 0.3 is 0 Å². The van der Waals surface area contributed by atoms with E-state index >= 15 is 0 Å². The minimum atomic E-state index is -3.50. The SMILES string of the molecule is O=S(=O)(NCC1CCN(CCOc2cccc3c2OCCO3)C1)c1cccc(Br)c1. The molecule has 2 aliphatic rings. The van der Waals surface area contributed by atoms with Crippen LogP contribution in [0.2, 0.25) is 0 Å². The predicted octanol–water partition coefficient (Wildman–Crippen LogP) is 2.90. The smallest absolute Gasteiger partial charge is 0.240 e. The van der Waals surface area contributed by atoms with Crippen LogP contribution in [0.25, 0.3) is 0 Å². The van der Waals surface area contributed by atoms with Crippen LogP contribution in [0, 0.1) is 5.92 Å². The van der Waals surface area contributed by atoms with E-state index in [-0.39, 0.29) is 10.8 Å². The van der Waals surface area contributed by atoms with Gasteiger partial charge in [0.15, 0.2) is 11.5 Å². The van der Waals surface area contributed by atoms with E-state index in [1.807, 2.05) is 18.2 Å². The molecule has 30 heavy (non-hydrogen) atoms. The van der Waals surface area contributed by atoms with Crippen LogP contribution in [-0.2, 0) is 10.0 Å². The predicted molar refractivity (Wildman–Crippen MR) is 117 cm³/mol. The number of hydrogen-bond acceptors (Lipinski definition) is 6. The molecule has 2 aliphatic heterocycles. The number of ether oxygens (including phenoxy) is 3. The molecule has 1 atom stereocenters. The Kier molecular flexibility index (Phi) is 6.82. The zero-order valence-electron chi connectivity index (χ0n) is 16.6. The third-order valence-electron chi connectivity index (χ3n) is 5.23. The molecule has 162 valence electrons. The summed E-state index contributed by atoms with van der Waals surface area (Å²) >= 11 is 3.32. The van der Waals surface area contributed by atoms with Crippen LogP contribution in [0.3, 0.4) is 0 Å². The normalized spacial score (nSPS) is 19.0. The molecule has 7 nitrogen and oxygen atoms in total. The lowest BCUT2D eigenvalue weighted by molar-refractivity contribution is 0.158. The summed E-state index contributed by atoms with van der Waals surface area (Å²) in [5.41, 5.74) is 0. The average Bonchev–Trinajstić information content (AvgIpc) is 3.20. The van der Waals surface area contributed by atoms with Crippen molar-refractivity contribution in [2.75, 3.05) is 46.0 Å². The fraction of sp³-hybridized carbons (Fsp3) is 0.429. The number of nitrogens with zero attached hydrogens (tertiary/aromatic N) is 1. The van der Waals surface area contributed by atoms with Crippen molar-refractivity contribution in [2.45, 2.75) is 11.3 Å². The molecule has 0 bridgehead atoms. The molecule has 0 spiro atoms. The number of rotatable bonds is 8. The molecule has 0 radical (unpaired) electrons. The first-order chi connectivity index (χ1) is 14.5. The maximum atomic E-state index is 12.5. The summed E-state index contributed by atoms with van der Waals surface area (Å²) in [5, 5.41) is 0. The Bertz CT molecular complexity index is 985. The largest absolute Gasteiger partial charge is 0.488 e. The lowest BCUT2D eigenvalue weighted by Crippen LogP contribution is -2.32. The van der Waals surface area contributed by atoms with Crippen LogP contribution in [0.5, 0.6) is 17.2 Å². The number of halogens is 1. The summed E-state index contributed by atoms with van der Waals surface area (Å²) in [6.07, 6.45) is 0.957.